The van der Waals surface area contributed by atoms with Gasteiger partial charge in [-0.2, -0.15) is 0 Å². The smallest absolute Gasteiger partial charge is 0.187 e. The van der Waals surface area contributed by atoms with Gasteiger partial charge in [0.05, 0.1) is 19.8 Å². The van der Waals surface area contributed by atoms with Crippen LogP contribution in [0.1, 0.15) is 0 Å². The molecule has 15 nitrogen and oxygen atoms in total. The summed E-state index contributed by atoms with van der Waals surface area (Å²) >= 11 is 0. The molecule has 0 unspecified atom stereocenters. The van der Waals surface area contributed by atoms with Gasteiger partial charge in [-0.25, -0.2) is 0 Å². The topological polar surface area (TPSA) is 248 Å². The van der Waals surface area contributed by atoms with Gasteiger partial charge in [0.1, 0.15) is 79.9 Å². The van der Waals surface area contributed by atoms with Crippen LogP contribution in [-0.4, -0.2) is 157 Å². The molecule has 0 aromatic carbocycles. The normalized spacial score (nSPS) is 51.5. The number of hydrogen-bond donors (Lipinski definition) is 10. The molecule has 14 atom stereocenters. The van der Waals surface area contributed by atoms with Crippen molar-refractivity contribution in [1.82, 2.24) is 0 Å². The van der Waals surface area contributed by atoms with E-state index in [1.807, 2.05) is 0 Å². The molecule has 3 aliphatic rings. The van der Waals surface area contributed by atoms with Crippen LogP contribution < -0.4 is 0 Å². The maximum absolute atomic E-state index is 10.6. The zero-order valence-electron chi connectivity index (χ0n) is 17.3. The van der Waals surface area contributed by atoms with Gasteiger partial charge in [0.2, 0.25) is 0 Å². The number of ether oxygens (including phenoxy) is 5. The predicted octanol–water partition coefficient (Wildman–Crippen LogP) is -6.73. The molecule has 3 rings (SSSR count). The minimum Gasteiger partial charge on any atom is -0.394 e. The van der Waals surface area contributed by atoms with Gasteiger partial charge >= 0.3 is 0 Å². The van der Waals surface area contributed by atoms with Crippen molar-refractivity contribution in [1.29, 1.82) is 0 Å². The van der Waals surface area contributed by atoms with Crippen molar-refractivity contribution in [2.24, 2.45) is 0 Å². The van der Waals surface area contributed by atoms with Crippen LogP contribution in [0.3, 0.4) is 0 Å². The summed E-state index contributed by atoms with van der Waals surface area (Å²) < 4.78 is 26.9. The van der Waals surface area contributed by atoms with Crippen LogP contribution in [0.2, 0.25) is 0 Å². The van der Waals surface area contributed by atoms with Crippen LogP contribution in [0.15, 0.2) is 0 Å². The highest BCUT2D eigenvalue weighted by molar-refractivity contribution is 4.98. The summed E-state index contributed by atoms with van der Waals surface area (Å²) in [4.78, 5) is 0. The Kier molecular flexibility index (Phi) is 9.35. The molecule has 10 N–H and O–H groups in total. The number of aliphatic hydroxyl groups excluding tert-OH is 10. The van der Waals surface area contributed by atoms with Gasteiger partial charge in [-0.1, -0.05) is 0 Å². The molecule has 1 radical (unpaired) electrons. The molecule has 0 spiro atoms. The molecule has 0 saturated carbocycles. The Hall–Kier alpha value is -0.600. The summed E-state index contributed by atoms with van der Waals surface area (Å²) in [7, 11) is 0. The van der Waals surface area contributed by atoms with Crippen LogP contribution in [-0.2, 0) is 23.7 Å². The third kappa shape index (κ3) is 5.48. The summed E-state index contributed by atoms with van der Waals surface area (Å²) in [5.41, 5.74) is 0. The second kappa shape index (κ2) is 11.4. The Morgan fingerprint density at radius 3 is 1.45 bits per heavy atom. The van der Waals surface area contributed by atoms with E-state index in [1.54, 1.807) is 0 Å². The van der Waals surface area contributed by atoms with Gasteiger partial charge in [0.25, 0.3) is 0 Å². The van der Waals surface area contributed by atoms with Crippen LogP contribution in [0, 0.1) is 6.61 Å². The van der Waals surface area contributed by atoms with Crippen molar-refractivity contribution in [3.05, 3.63) is 6.61 Å². The Morgan fingerprint density at radius 2 is 1.00 bits per heavy atom. The number of aliphatic hydroxyl groups is 10. The number of hydrogen-bond acceptors (Lipinski definition) is 15. The lowest BCUT2D eigenvalue weighted by atomic mass is 9.97. The van der Waals surface area contributed by atoms with Crippen molar-refractivity contribution in [3.8, 4) is 0 Å². The molecule has 15 heteroatoms. The number of rotatable bonds is 7. The van der Waals surface area contributed by atoms with Crippen molar-refractivity contribution >= 4 is 0 Å². The molecule has 33 heavy (non-hydrogen) atoms. The van der Waals surface area contributed by atoms with Crippen molar-refractivity contribution in [3.63, 3.8) is 0 Å². The Labute approximate surface area is 187 Å². The summed E-state index contributed by atoms with van der Waals surface area (Å²) in [5, 5.41) is 98.9. The molecule has 3 fully saturated rings. The lowest BCUT2D eigenvalue weighted by molar-refractivity contribution is -0.356. The van der Waals surface area contributed by atoms with Crippen LogP contribution in [0.5, 0.6) is 0 Å². The largest absolute Gasteiger partial charge is 0.394 e. The molecule has 0 aromatic rings. The van der Waals surface area contributed by atoms with Crippen molar-refractivity contribution < 1.29 is 74.7 Å². The van der Waals surface area contributed by atoms with E-state index in [4.69, 9.17) is 23.7 Å². The van der Waals surface area contributed by atoms with Gasteiger partial charge < -0.3 is 74.7 Å². The second-order valence-corrected chi connectivity index (χ2v) is 8.08. The first kappa shape index (κ1) is 27.0. The van der Waals surface area contributed by atoms with E-state index in [0.29, 0.717) is 0 Å². The molecular weight excluding hydrogens is 456 g/mol. The van der Waals surface area contributed by atoms with Gasteiger partial charge in [0.15, 0.2) is 12.6 Å². The first-order valence-corrected chi connectivity index (χ1v) is 10.3. The highest BCUT2D eigenvalue weighted by atomic mass is 16.7. The fourth-order valence-electron chi connectivity index (χ4n) is 3.83. The average Bonchev–Trinajstić information content (AvgIpc) is 2.81. The fourth-order valence-corrected chi connectivity index (χ4v) is 3.83. The summed E-state index contributed by atoms with van der Waals surface area (Å²) in [6.45, 7) is -1.10. The molecule has 0 aromatic heterocycles. The molecule has 0 bridgehead atoms. The molecular formula is C18H31O15. The van der Waals surface area contributed by atoms with Crippen molar-refractivity contribution in [2.45, 2.75) is 85.8 Å². The van der Waals surface area contributed by atoms with Gasteiger partial charge in [0, 0.05) is 0 Å². The minimum atomic E-state index is -1.81. The van der Waals surface area contributed by atoms with Crippen molar-refractivity contribution in [2.75, 3.05) is 19.8 Å². The zero-order chi connectivity index (χ0) is 24.4. The summed E-state index contributed by atoms with van der Waals surface area (Å²) in [5.74, 6) is 0. The van der Waals surface area contributed by atoms with E-state index in [9.17, 15) is 51.1 Å². The Bertz CT molecular complexity index is 607. The molecule has 0 aliphatic carbocycles. The minimum absolute atomic E-state index is 0.654. The Morgan fingerprint density at radius 1 is 0.545 bits per heavy atom. The third-order valence-corrected chi connectivity index (χ3v) is 5.89. The maximum Gasteiger partial charge on any atom is 0.187 e. The fraction of sp³-hybridized carbons (Fsp3) is 0.944. The highest BCUT2D eigenvalue weighted by Crippen LogP contribution is 2.32. The van der Waals surface area contributed by atoms with Crippen LogP contribution in [0.25, 0.3) is 0 Å². The van der Waals surface area contributed by atoms with Crippen LogP contribution in [0.4, 0.5) is 0 Å². The van der Waals surface area contributed by atoms with E-state index >= 15 is 0 Å². The highest BCUT2D eigenvalue weighted by Gasteiger charge is 2.51. The van der Waals surface area contributed by atoms with Gasteiger partial charge in [-0.3, -0.25) is 0 Å². The van der Waals surface area contributed by atoms with E-state index in [0.717, 1.165) is 6.61 Å². The predicted molar refractivity (Wildman–Crippen MR) is 99.5 cm³/mol. The Balaban J connectivity index is 1.77. The molecule has 3 aliphatic heterocycles. The summed E-state index contributed by atoms with van der Waals surface area (Å²) in [6, 6.07) is 0. The summed E-state index contributed by atoms with van der Waals surface area (Å²) in [6.07, 6.45) is -22.0. The quantitative estimate of drug-likeness (QED) is 0.160. The second-order valence-electron chi connectivity index (χ2n) is 8.08. The average molecular weight is 487 g/mol. The SMILES string of the molecule is OC[C@H]1O[C@@H](O[C@H]2[C@H](O)[C@@H](CO)O[CH][C@H]2O[C@H]2O[C@H](CO)[C@@H](O)[C@H](O)[C@H]2O)[C@H](O)[C@@H](O)[C@@H]1O. The zero-order valence-corrected chi connectivity index (χ0v) is 17.3. The maximum atomic E-state index is 10.6. The lowest BCUT2D eigenvalue weighted by Crippen LogP contribution is -2.64. The standard InChI is InChI=1S/C18H31O15/c19-1-5-11(24)16(33-18-15(28)13(26)10(23)7(3-21)31-18)8(4-29-5)32-17-14(27)12(25)9(22)6(2-20)30-17/h4-28H,1-3H2/t5-,6-,7-,8-,9-,10-,11-,12+,13+,14-,15-,16-,17-,18+/m1/s1. The van der Waals surface area contributed by atoms with Gasteiger partial charge in [-0.05, 0) is 0 Å². The lowest BCUT2D eigenvalue weighted by Gasteiger charge is -2.46. The van der Waals surface area contributed by atoms with E-state index < -0.39 is 106 Å². The van der Waals surface area contributed by atoms with Crippen LogP contribution >= 0.6 is 0 Å². The monoisotopic (exact) mass is 487 g/mol. The van der Waals surface area contributed by atoms with E-state index in [1.165, 1.54) is 0 Å². The third-order valence-electron chi connectivity index (χ3n) is 5.89. The van der Waals surface area contributed by atoms with E-state index in [-0.39, 0.29) is 0 Å². The first-order valence-electron chi connectivity index (χ1n) is 10.3. The molecule has 0 amide bonds. The van der Waals surface area contributed by atoms with E-state index in [2.05, 4.69) is 0 Å². The molecule has 3 saturated heterocycles. The molecule has 3 heterocycles. The van der Waals surface area contributed by atoms with Gasteiger partial charge in [-0.15, -0.1) is 0 Å². The molecule has 193 valence electrons. The first-order chi connectivity index (χ1) is 15.6.